The highest BCUT2D eigenvalue weighted by Crippen LogP contribution is 2.16. The molecule has 0 saturated carbocycles. The summed E-state index contributed by atoms with van der Waals surface area (Å²) in [5, 5.41) is 14.1. The molecule has 0 unspecified atom stereocenters. The van der Waals surface area contributed by atoms with Crippen LogP contribution in [0.3, 0.4) is 0 Å². The molecule has 0 atom stereocenters. The molecule has 0 aliphatic rings. The number of rotatable bonds is 9. The fourth-order valence-corrected chi connectivity index (χ4v) is 2.61. The highest BCUT2D eigenvalue weighted by Gasteiger charge is 2.02. The molecule has 1 heterocycles. The Morgan fingerprint density at radius 3 is 2.55 bits per heavy atom. The van der Waals surface area contributed by atoms with E-state index in [4.69, 9.17) is 5.11 Å². The van der Waals surface area contributed by atoms with Crippen molar-refractivity contribution >= 4 is 23.3 Å². The van der Waals surface area contributed by atoms with Crippen LogP contribution in [0, 0.1) is 0 Å². The van der Waals surface area contributed by atoms with Crippen LogP contribution in [0.4, 0.5) is 4.79 Å². The van der Waals surface area contributed by atoms with Crippen molar-refractivity contribution in [2.24, 2.45) is 0 Å². The van der Waals surface area contributed by atoms with Crippen molar-refractivity contribution in [1.82, 2.24) is 10.6 Å². The largest absolute Gasteiger partial charge is 0.481 e. The van der Waals surface area contributed by atoms with Gasteiger partial charge in [0.25, 0.3) is 0 Å². The molecule has 0 bridgehead atoms. The SMILES string of the molecule is CCc1ccc(CNC(=O)NCCCCCC(=O)O)s1. The summed E-state index contributed by atoms with van der Waals surface area (Å²) in [5.41, 5.74) is 0. The Balaban J connectivity index is 2.04. The second kappa shape index (κ2) is 9.36. The van der Waals surface area contributed by atoms with Crippen LogP contribution in [0.2, 0.25) is 0 Å². The van der Waals surface area contributed by atoms with Crippen LogP contribution in [0.1, 0.15) is 42.4 Å². The zero-order valence-corrected chi connectivity index (χ0v) is 12.6. The normalized spacial score (nSPS) is 10.2. The Morgan fingerprint density at radius 1 is 1.15 bits per heavy atom. The minimum absolute atomic E-state index is 0.172. The fourth-order valence-electron chi connectivity index (χ4n) is 1.72. The Bertz CT molecular complexity index is 432. The van der Waals surface area contributed by atoms with E-state index in [-0.39, 0.29) is 12.5 Å². The molecule has 2 amide bonds. The van der Waals surface area contributed by atoms with Gasteiger partial charge in [-0.25, -0.2) is 4.79 Å². The number of urea groups is 1. The Morgan fingerprint density at radius 2 is 1.90 bits per heavy atom. The maximum absolute atomic E-state index is 11.5. The number of unbranched alkanes of at least 4 members (excludes halogenated alkanes) is 2. The lowest BCUT2D eigenvalue weighted by molar-refractivity contribution is -0.137. The van der Waals surface area contributed by atoms with Gasteiger partial charge in [0.05, 0.1) is 6.54 Å². The van der Waals surface area contributed by atoms with Crippen molar-refractivity contribution in [2.75, 3.05) is 6.54 Å². The monoisotopic (exact) mass is 298 g/mol. The first-order valence-electron chi connectivity index (χ1n) is 6.93. The average molecular weight is 298 g/mol. The molecule has 1 aromatic heterocycles. The first-order chi connectivity index (χ1) is 9.61. The molecule has 0 aliphatic heterocycles. The van der Waals surface area contributed by atoms with Crippen LogP contribution in [0.5, 0.6) is 0 Å². The van der Waals surface area contributed by atoms with Crippen LogP contribution in [-0.4, -0.2) is 23.7 Å². The Kier molecular flexibility index (Phi) is 7.72. The summed E-state index contributed by atoms with van der Waals surface area (Å²) in [4.78, 5) is 24.3. The van der Waals surface area contributed by atoms with E-state index in [9.17, 15) is 9.59 Å². The maximum Gasteiger partial charge on any atom is 0.315 e. The molecule has 0 radical (unpaired) electrons. The Hall–Kier alpha value is -1.56. The van der Waals surface area contributed by atoms with Crippen molar-refractivity contribution in [2.45, 2.75) is 45.6 Å². The second-order valence-electron chi connectivity index (χ2n) is 4.54. The lowest BCUT2D eigenvalue weighted by Gasteiger charge is -2.06. The van der Waals surface area contributed by atoms with Gasteiger partial charge in [0, 0.05) is 22.7 Å². The van der Waals surface area contributed by atoms with Gasteiger partial charge in [0.2, 0.25) is 0 Å². The average Bonchev–Trinajstić information content (AvgIpc) is 2.88. The highest BCUT2D eigenvalue weighted by molar-refractivity contribution is 7.11. The lowest BCUT2D eigenvalue weighted by Crippen LogP contribution is -2.35. The molecule has 0 fully saturated rings. The van der Waals surface area contributed by atoms with Gasteiger partial charge in [0.15, 0.2) is 0 Å². The predicted molar refractivity (Wildman–Crippen MR) is 80.0 cm³/mol. The van der Waals surface area contributed by atoms with E-state index in [0.29, 0.717) is 19.5 Å². The van der Waals surface area contributed by atoms with E-state index >= 15 is 0 Å². The molecule has 3 N–H and O–H groups in total. The third-order valence-electron chi connectivity index (χ3n) is 2.84. The predicted octanol–water partition coefficient (Wildman–Crippen LogP) is 2.75. The molecule has 0 spiro atoms. The van der Waals surface area contributed by atoms with E-state index in [1.54, 1.807) is 11.3 Å². The number of carbonyl (C=O) groups is 2. The van der Waals surface area contributed by atoms with Crippen molar-refractivity contribution in [3.63, 3.8) is 0 Å². The van der Waals surface area contributed by atoms with Crippen molar-refractivity contribution in [3.05, 3.63) is 21.9 Å². The van der Waals surface area contributed by atoms with E-state index in [0.717, 1.165) is 24.1 Å². The number of carboxylic acid groups (broad SMARTS) is 1. The smallest absolute Gasteiger partial charge is 0.315 e. The van der Waals surface area contributed by atoms with Gasteiger partial charge >= 0.3 is 12.0 Å². The number of hydrogen-bond acceptors (Lipinski definition) is 3. The summed E-state index contributed by atoms with van der Waals surface area (Å²) < 4.78 is 0. The summed E-state index contributed by atoms with van der Waals surface area (Å²) in [7, 11) is 0. The third-order valence-corrected chi connectivity index (χ3v) is 4.07. The zero-order valence-electron chi connectivity index (χ0n) is 11.8. The molecule has 0 aromatic carbocycles. The maximum atomic E-state index is 11.5. The van der Waals surface area contributed by atoms with Gasteiger partial charge in [-0.05, 0) is 31.4 Å². The molecule has 20 heavy (non-hydrogen) atoms. The van der Waals surface area contributed by atoms with E-state index in [2.05, 4.69) is 23.6 Å². The molecule has 1 rings (SSSR count). The number of thiophene rings is 1. The topological polar surface area (TPSA) is 78.4 Å². The number of carboxylic acids is 1. The standard InChI is InChI=1S/C14H22N2O3S/c1-2-11-7-8-12(20-11)10-16-14(19)15-9-5-3-4-6-13(17)18/h7-8H,2-6,9-10H2,1H3,(H,17,18)(H2,15,16,19). The van der Waals surface area contributed by atoms with Crippen LogP contribution >= 0.6 is 11.3 Å². The van der Waals surface area contributed by atoms with Crippen LogP contribution in [0.25, 0.3) is 0 Å². The minimum atomic E-state index is -0.766. The van der Waals surface area contributed by atoms with Gasteiger partial charge in [-0.1, -0.05) is 13.3 Å². The summed E-state index contributed by atoms with van der Waals surface area (Å²) in [6.45, 7) is 3.24. The summed E-state index contributed by atoms with van der Waals surface area (Å²) in [5.74, 6) is -0.766. The number of aryl methyl sites for hydroxylation is 1. The van der Waals surface area contributed by atoms with E-state index in [1.165, 1.54) is 4.88 Å². The van der Waals surface area contributed by atoms with Gasteiger partial charge < -0.3 is 15.7 Å². The van der Waals surface area contributed by atoms with E-state index < -0.39 is 5.97 Å². The van der Waals surface area contributed by atoms with Gasteiger partial charge in [-0.3, -0.25) is 4.79 Å². The van der Waals surface area contributed by atoms with Gasteiger partial charge in [-0.2, -0.15) is 0 Å². The van der Waals surface area contributed by atoms with Crippen LogP contribution in [0.15, 0.2) is 12.1 Å². The van der Waals surface area contributed by atoms with Crippen LogP contribution in [-0.2, 0) is 17.8 Å². The summed E-state index contributed by atoms with van der Waals surface area (Å²) in [6, 6.07) is 3.95. The fraction of sp³-hybridized carbons (Fsp3) is 0.571. The molecule has 5 nitrogen and oxygen atoms in total. The number of hydrogen-bond donors (Lipinski definition) is 3. The number of nitrogens with one attached hydrogen (secondary N) is 2. The lowest BCUT2D eigenvalue weighted by atomic mass is 10.2. The van der Waals surface area contributed by atoms with Gasteiger partial charge in [0.1, 0.15) is 0 Å². The molecule has 0 aliphatic carbocycles. The quantitative estimate of drug-likeness (QED) is 0.613. The van der Waals surface area contributed by atoms with Gasteiger partial charge in [-0.15, -0.1) is 11.3 Å². The second-order valence-corrected chi connectivity index (χ2v) is 5.79. The summed E-state index contributed by atoms with van der Waals surface area (Å²) in [6.07, 6.45) is 3.50. The molecule has 1 aromatic rings. The number of aliphatic carboxylic acids is 1. The number of amides is 2. The zero-order chi connectivity index (χ0) is 14.8. The minimum Gasteiger partial charge on any atom is -0.481 e. The molecular weight excluding hydrogens is 276 g/mol. The molecule has 6 heteroatoms. The van der Waals surface area contributed by atoms with Crippen molar-refractivity contribution in [3.8, 4) is 0 Å². The molecule has 112 valence electrons. The Labute approximate surface area is 123 Å². The first-order valence-corrected chi connectivity index (χ1v) is 7.74. The first kappa shape index (κ1) is 16.5. The van der Waals surface area contributed by atoms with E-state index in [1.807, 2.05) is 6.07 Å². The molecular formula is C14H22N2O3S. The highest BCUT2D eigenvalue weighted by atomic mass is 32.1. The number of carbonyl (C=O) groups excluding carboxylic acids is 1. The van der Waals surface area contributed by atoms with Crippen molar-refractivity contribution < 1.29 is 14.7 Å². The van der Waals surface area contributed by atoms with Crippen LogP contribution < -0.4 is 10.6 Å². The van der Waals surface area contributed by atoms with Crippen molar-refractivity contribution in [1.29, 1.82) is 0 Å². The third kappa shape index (κ3) is 7.13. The molecule has 0 saturated heterocycles. The summed E-state index contributed by atoms with van der Waals surface area (Å²) >= 11 is 1.71.